The first-order chi connectivity index (χ1) is 7.11. The quantitative estimate of drug-likeness (QED) is 0.665. The molecule has 0 heterocycles. The second-order valence-electron chi connectivity index (χ2n) is 4.60. The molecule has 1 unspecified atom stereocenters. The molecule has 0 saturated carbocycles. The fourth-order valence-electron chi connectivity index (χ4n) is 0.945. The maximum Gasteiger partial charge on any atom is 0.407 e. The molecule has 0 aromatic rings. The van der Waals surface area contributed by atoms with Gasteiger partial charge in [0.25, 0.3) is 0 Å². The molecule has 16 heavy (non-hydrogen) atoms. The zero-order chi connectivity index (χ0) is 12.9. The third-order valence-electron chi connectivity index (χ3n) is 1.71. The lowest BCUT2D eigenvalue weighted by atomic mass is 10.1. The number of alkyl carbamates (subject to hydrolysis) is 1. The summed E-state index contributed by atoms with van der Waals surface area (Å²) in [5.74, 6) is -1.12. The van der Waals surface area contributed by atoms with E-state index in [4.69, 9.17) is 9.84 Å². The van der Waals surface area contributed by atoms with E-state index in [9.17, 15) is 14.7 Å². The Morgan fingerprint density at radius 3 is 2.25 bits per heavy atom. The summed E-state index contributed by atoms with van der Waals surface area (Å²) in [5.41, 5.74) is -0.623. The van der Waals surface area contributed by atoms with Gasteiger partial charge in [0.05, 0.1) is 18.6 Å². The van der Waals surface area contributed by atoms with Crippen LogP contribution in [0.2, 0.25) is 0 Å². The standard InChI is InChI=1S/C10H19NO5/c1-6(7(12)5-8(13)14)11-9(15)16-10(2,3)4/h6-7,12H,5H2,1-4H3,(H,11,15)(H,13,14)/t6-,7?/m0/s1. The van der Waals surface area contributed by atoms with Gasteiger partial charge in [-0.3, -0.25) is 4.79 Å². The molecule has 0 fully saturated rings. The van der Waals surface area contributed by atoms with Crippen molar-refractivity contribution in [1.29, 1.82) is 0 Å². The number of aliphatic hydroxyl groups excluding tert-OH is 1. The zero-order valence-electron chi connectivity index (χ0n) is 9.98. The molecule has 6 heteroatoms. The molecule has 0 bridgehead atoms. The van der Waals surface area contributed by atoms with Gasteiger partial charge >= 0.3 is 12.1 Å². The van der Waals surface area contributed by atoms with Gasteiger partial charge in [0, 0.05) is 0 Å². The topological polar surface area (TPSA) is 95.9 Å². The normalized spacial score (nSPS) is 15.1. The second kappa shape index (κ2) is 5.69. The van der Waals surface area contributed by atoms with Crippen LogP contribution in [0.4, 0.5) is 4.79 Å². The van der Waals surface area contributed by atoms with Crippen LogP contribution in [0, 0.1) is 0 Å². The summed E-state index contributed by atoms with van der Waals surface area (Å²) in [7, 11) is 0. The average molecular weight is 233 g/mol. The lowest BCUT2D eigenvalue weighted by Gasteiger charge is -2.23. The number of carboxylic acid groups (broad SMARTS) is 1. The molecular weight excluding hydrogens is 214 g/mol. The van der Waals surface area contributed by atoms with E-state index in [1.807, 2.05) is 0 Å². The number of aliphatic carboxylic acids is 1. The number of carbonyl (C=O) groups is 2. The summed E-state index contributed by atoms with van der Waals surface area (Å²) in [6.07, 6.45) is -2.23. The Labute approximate surface area is 94.6 Å². The maximum atomic E-state index is 11.3. The van der Waals surface area contributed by atoms with Crippen LogP contribution in [0.15, 0.2) is 0 Å². The minimum absolute atomic E-state index is 0.420. The molecule has 3 N–H and O–H groups in total. The molecule has 0 aromatic heterocycles. The van der Waals surface area contributed by atoms with Gasteiger partial charge in [-0.2, -0.15) is 0 Å². The summed E-state index contributed by atoms with van der Waals surface area (Å²) < 4.78 is 4.95. The van der Waals surface area contributed by atoms with Crippen LogP contribution in [0.25, 0.3) is 0 Å². The number of ether oxygens (including phenoxy) is 1. The van der Waals surface area contributed by atoms with Crippen molar-refractivity contribution in [2.75, 3.05) is 0 Å². The minimum atomic E-state index is -1.13. The van der Waals surface area contributed by atoms with Crippen molar-refractivity contribution in [2.24, 2.45) is 0 Å². The van der Waals surface area contributed by atoms with Crippen molar-refractivity contribution in [3.05, 3.63) is 0 Å². The van der Waals surface area contributed by atoms with Gasteiger partial charge in [-0.1, -0.05) is 0 Å². The van der Waals surface area contributed by atoms with Crippen LogP contribution < -0.4 is 5.32 Å². The number of hydrogen-bond donors (Lipinski definition) is 3. The SMILES string of the molecule is C[C@H](NC(=O)OC(C)(C)C)C(O)CC(=O)O. The van der Waals surface area contributed by atoms with Crippen LogP contribution in [0.5, 0.6) is 0 Å². The molecule has 94 valence electrons. The van der Waals surface area contributed by atoms with E-state index in [2.05, 4.69) is 5.32 Å². The first kappa shape index (κ1) is 14.7. The van der Waals surface area contributed by atoms with E-state index < -0.39 is 36.2 Å². The number of carbonyl (C=O) groups excluding carboxylic acids is 1. The number of nitrogens with one attached hydrogen (secondary N) is 1. The molecule has 0 aliphatic carbocycles. The van der Waals surface area contributed by atoms with Crippen molar-refractivity contribution >= 4 is 12.1 Å². The summed E-state index contributed by atoms with van der Waals surface area (Å²) in [4.78, 5) is 21.6. The Balaban J connectivity index is 4.09. The second-order valence-corrected chi connectivity index (χ2v) is 4.60. The van der Waals surface area contributed by atoms with Gasteiger partial charge in [-0.05, 0) is 27.7 Å². The van der Waals surface area contributed by atoms with Gasteiger partial charge in [0.2, 0.25) is 0 Å². The summed E-state index contributed by atoms with van der Waals surface area (Å²) >= 11 is 0. The summed E-state index contributed by atoms with van der Waals surface area (Å²) in [5, 5.41) is 20.2. The zero-order valence-corrected chi connectivity index (χ0v) is 9.98. The van der Waals surface area contributed by atoms with Crippen LogP contribution in [0.1, 0.15) is 34.1 Å². The average Bonchev–Trinajstić information content (AvgIpc) is 1.98. The van der Waals surface area contributed by atoms with E-state index in [1.54, 1.807) is 20.8 Å². The van der Waals surface area contributed by atoms with Crippen LogP contribution in [-0.2, 0) is 9.53 Å². The molecule has 6 nitrogen and oxygen atoms in total. The molecule has 0 rings (SSSR count). The van der Waals surface area contributed by atoms with E-state index in [0.29, 0.717) is 0 Å². The molecule has 0 radical (unpaired) electrons. The largest absolute Gasteiger partial charge is 0.481 e. The lowest BCUT2D eigenvalue weighted by molar-refractivity contribution is -0.139. The molecule has 0 saturated heterocycles. The summed E-state index contributed by atoms with van der Waals surface area (Å²) in [6, 6.07) is -0.675. The number of aliphatic hydroxyl groups is 1. The Bertz CT molecular complexity index is 258. The van der Waals surface area contributed by atoms with Crippen LogP contribution >= 0.6 is 0 Å². The highest BCUT2D eigenvalue weighted by Crippen LogP contribution is 2.07. The molecule has 0 aliphatic rings. The van der Waals surface area contributed by atoms with Crippen molar-refractivity contribution in [2.45, 2.75) is 51.9 Å². The minimum Gasteiger partial charge on any atom is -0.481 e. The third kappa shape index (κ3) is 7.05. The Kier molecular flexibility index (Phi) is 5.23. The van der Waals surface area contributed by atoms with E-state index >= 15 is 0 Å². The molecule has 1 amide bonds. The molecule has 0 aliphatic heterocycles. The van der Waals surface area contributed by atoms with E-state index in [-0.39, 0.29) is 0 Å². The number of carboxylic acids is 1. The highest BCUT2D eigenvalue weighted by atomic mass is 16.6. The Morgan fingerprint density at radius 2 is 1.88 bits per heavy atom. The fourth-order valence-corrected chi connectivity index (χ4v) is 0.945. The van der Waals surface area contributed by atoms with E-state index in [1.165, 1.54) is 6.92 Å². The van der Waals surface area contributed by atoms with Crippen molar-refractivity contribution < 1.29 is 24.5 Å². The van der Waals surface area contributed by atoms with E-state index in [0.717, 1.165) is 0 Å². The van der Waals surface area contributed by atoms with Gasteiger partial charge in [-0.15, -0.1) is 0 Å². The highest BCUT2D eigenvalue weighted by molar-refractivity contribution is 5.69. The van der Waals surface area contributed by atoms with Crippen molar-refractivity contribution in [3.8, 4) is 0 Å². The van der Waals surface area contributed by atoms with Crippen molar-refractivity contribution in [3.63, 3.8) is 0 Å². The van der Waals surface area contributed by atoms with Gasteiger partial charge in [0.15, 0.2) is 0 Å². The number of hydrogen-bond acceptors (Lipinski definition) is 4. The summed E-state index contributed by atoms with van der Waals surface area (Å²) in [6.45, 7) is 6.65. The third-order valence-corrected chi connectivity index (χ3v) is 1.71. The lowest BCUT2D eigenvalue weighted by Crippen LogP contribution is -2.44. The number of amides is 1. The molecule has 2 atom stereocenters. The van der Waals surface area contributed by atoms with Crippen molar-refractivity contribution in [1.82, 2.24) is 5.32 Å². The fraction of sp³-hybridized carbons (Fsp3) is 0.800. The number of rotatable bonds is 4. The first-order valence-corrected chi connectivity index (χ1v) is 5.01. The maximum absolute atomic E-state index is 11.3. The predicted molar refractivity (Wildman–Crippen MR) is 57.1 cm³/mol. The molecule has 0 spiro atoms. The first-order valence-electron chi connectivity index (χ1n) is 5.01. The van der Waals surface area contributed by atoms with Gasteiger partial charge in [-0.25, -0.2) is 4.79 Å². The Hall–Kier alpha value is -1.30. The monoisotopic (exact) mass is 233 g/mol. The van der Waals surface area contributed by atoms with Gasteiger partial charge < -0.3 is 20.3 Å². The molecule has 0 aromatic carbocycles. The highest BCUT2D eigenvalue weighted by Gasteiger charge is 2.22. The van der Waals surface area contributed by atoms with Crippen LogP contribution in [0.3, 0.4) is 0 Å². The molecular formula is C10H19NO5. The predicted octanol–water partition coefficient (Wildman–Crippen LogP) is 0.735. The smallest absolute Gasteiger partial charge is 0.407 e. The van der Waals surface area contributed by atoms with Crippen LogP contribution in [-0.4, -0.2) is 40.0 Å². The Morgan fingerprint density at radius 1 is 1.38 bits per heavy atom. The van der Waals surface area contributed by atoms with Gasteiger partial charge in [0.1, 0.15) is 5.60 Å².